The molecule has 2 atom stereocenters. The summed E-state index contributed by atoms with van der Waals surface area (Å²) in [6.07, 6.45) is 1.77. The van der Waals surface area contributed by atoms with Crippen LogP contribution >= 0.6 is 11.8 Å². The fourth-order valence-electron chi connectivity index (χ4n) is 2.45. The first-order valence-corrected chi connectivity index (χ1v) is 8.00. The Morgan fingerprint density at radius 1 is 1.43 bits per heavy atom. The molecule has 7 heteroatoms. The lowest BCUT2D eigenvalue weighted by Crippen LogP contribution is -2.39. The first kappa shape index (κ1) is 16.0. The highest BCUT2D eigenvalue weighted by molar-refractivity contribution is 7.98. The molecule has 0 saturated carbocycles. The molecule has 2 rings (SSSR count). The van der Waals surface area contributed by atoms with Gasteiger partial charge >= 0.3 is 6.61 Å². The summed E-state index contributed by atoms with van der Waals surface area (Å²) in [4.78, 5) is 13.8. The number of amides is 1. The molecule has 1 aliphatic heterocycles. The van der Waals surface area contributed by atoms with Crippen LogP contribution in [0.15, 0.2) is 24.3 Å². The van der Waals surface area contributed by atoms with Gasteiger partial charge in [-0.3, -0.25) is 10.1 Å². The molecule has 116 valence electrons. The van der Waals surface area contributed by atoms with E-state index in [-0.39, 0.29) is 23.9 Å². The molecule has 1 heterocycles. The fraction of sp³-hybridized carbons (Fsp3) is 0.500. The minimum atomic E-state index is -2.83. The van der Waals surface area contributed by atoms with E-state index >= 15 is 0 Å². The largest absolute Gasteiger partial charge is 0.435 e. The van der Waals surface area contributed by atoms with Gasteiger partial charge in [0.2, 0.25) is 5.91 Å². The van der Waals surface area contributed by atoms with Crippen LogP contribution in [0.2, 0.25) is 0 Å². The minimum Gasteiger partial charge on any atom is -0.435 e. The number of rotatable bonds is 6. The zero-order chi connectivity index (χ0) is 15.4. The highest BCUT2D eigenvalue weighted by Crippen LogP contribution is 2.27. The van der Waals surface area contributed by atoms with Gasteiger partial charge in [0.1, 0.15) is 11.9 Å². The van der Waals surface area contributed by atoms with Crippen LogP contribution in [0.4, 0.5) is 8.78 Å². The number of carbonyl (C=O) groups excluding carboxylic acids is 1. The van der Waals surface area contributed by atoms with Gasteiger partial charge in [0.05, 0.1) is 6.54 Å². The molecule has 0 radical (unpaired) electrons. The molecule has 4 nitrogen and oxygen atoms in total. The number of alkyl halides is 2. The van der Waals surface area contributed by atoms with Crippen molar-refractivity contribution in [2.45, 2.75) is 25.7 Å². The van der Waals surface area contributed by atoms with E-state index in [4.69, 9.17) is 0 Å². The second-order valence-corrected chi connectivity index (χ2v) is 5.75. The predicted molar refractivity (Wildman–Crippen MR) is 78.5 cm³/mol. The highest BCUT2D eigenvalue weighted by atomic mass is 32.2. The van der Waals surface area contributed by atoms with Crippen molar-refractivity contribution in [1.82, 2.24) is 10.2 Å². The van der Waals surface area contributed by atoms with Crippen LogP contribution in [0.3, 0.4) is 0 Å². The molecule has 21 heavy (non-hydrogen) atoms. The monoisotopic (exact) mass is 316 g/mol. The second-order valence-electron chi connectivity index (χ2n) is 4.84. The van der Waals surface area contributed by atoms with Crippen LogP contribution < -0.4 is 10.1 Å². The average Bonchev–Trinajstić information content (AvgIpc) is 2.81. The van der Waals surface area contributed by atoms with E-state index in [1.54, 1.807) is 28.8 Å². The third-order valence-corrected chi connectivity index (χ3v) is 4.13. The third-order valence-electron chi connectivity index (χ3n) is 3.32. The summed E-state index contributed by atoms with van der Waals surface area (Å²) in [5.41, 5.74) is 0.857. The maximum atomic E-state index is 12.1. The van der Waals surface area contributed by atoms with Crippen molar-refractivity contribution in [3.63, 3.8) is 0 Å². The summed E-state index contributed by atoms with van der Waals surface area (Å²) in [5, 5.41) is 3.15. The summed E-state index contributed by atoms with van der Waals surface area (Å²) in [6, 6.07) is 6.48. The molecule has 1 aromatic rings. The Kier molecular flexibility index (Phi) is 5.41. The van der Waals surface area contributed by atoms with Crippen molar-refractivity contribution in [2.75, 3.05) is 18.6 Å². The van der Waals surface area contributed by atoms with E-state index in [2.05, 4.69) is 10.1 Å². The van der Waals surface area contributed by atoms with Crippen molar-refractivity contribution >= 4 is 17.7 Å². The molecule has 1 aliphatic rings. The number of nitrogens with zero attached hydrogens (tertiary/aromatic N) is 1. The smallest absolute Gasteiger partial charge is 0.387 e. The number of nitrogens with one attached hydrogen (secondary N) is 1. The van der Waals surface area contributed by atoms with E-state index in [0.717, 1.165) is 11.3 Å². The molecular formula is C14H18F2N2O2S. The zero-order valence-corrected chi connectivity index (χ0v) is 12.7. The molecule has 0 spiro atoms. The number of hydrogen-bond donors (Lipinski definition) is 1. The Morgan fingerprint density at radius 3 is 2.67 bits per heavy atom. The highest BCUT2D eigenvalue weighted by Gasteiger charge is 2.34. The summed E-state index contributed by atoms with van der Waals surface area (Å²) in [6.45, 7) is -0.540. The van der Waals surface area contributed by atoms with Crippen LogP contribution in [-0.4, -0.2) is 42.0 Å². The van der Waals surface area contributed by atoms with Crippen molar-refractivity contribution in [1.29, 1.82) is 0 Å². The van der Waals surface area contributed by atoms with Gasteiger partial charge in [-0.25, -0.2) is 0 Å². The summed E-state index contributed by atoms with van der Waals surface area (Å²) in [7, 11) is 0. The normalized spacial score (nSPS) is 20.1. The Bertz CT molecular complexity index is 484. The summed E-state index contributed by atoms with van der Waals surface area (Å²) < 4.78 is 28.6. The molecular weight excluding hydrogens is 298 g/mol. The number of thioether (sulfide) groups is 1. The topological polar surface area (TPSA) is 41.6 Å². The van der Waals surface area contributed by atoms with E-state index < -0.39 is 6.61 Å². The lowest BCUT2D eigenvalue weighted by molar-refractivity contribution is -0.129. The maximum absolute atomic E-state index is 12.1. The van der Waals surface area contributed by atoms with Crippen molar-refractivity contribution in [3.05, 3.63) is 29.8 Å². The van der Waals surface area contributed by atoms with Crippen molar-refractivity contribution < 1.29 is 18.3 Å². The fourth-order valence-corrected chi connectivity index (χ4v) is 3.09. The molecule has 0 bridgehead atoms. The Hall–Kier alpha value is -1.34. The van der Waals surface area contributed by atoms with Crippen LogP contribution in [0.25, 0.3) is 0 Å². The van der Waals surface area contributed by atoms with Crippen molar-refractivity contribution in [3.8, 4) is 5.75 Å². The lowest BCUT2D eigenvalue weighted by Gasteiger charge is -2.30. The van der Waals surface area contributed by atoms with Gasteiger partial charge in [-0.15, -0.1) is 0 Å². The predicted octanol–water partition coefficient (Wildman–Crippen LogP) is 2.47. The SMILES string of the molecule is CSCC(C)N1C(=O)CNC1c1ccc(OC(F)F)cc1. The second kappa shape index (κ2) is 7.09. The average molecular weight is 316 g/mol. The summed E-state index contributed by atoms with van der Waals surface area (Å²) in [5.74, 6) is 1.01. The number of halogens is 2. The molecule has 1 N–H and O–H groups in total. The molecule has 0 aliphatic carbocycles. The van der Waals surface area contributed by atoms with Gasteiger partial charge in [-0.1, -0.05) is 12.1 Å². The molecule has 0 aromatic heterocycles. The molecule has 1 amide bonds. The summed E-state index contributed by atoms with van der Waals surface area (Å²) >= 11 is 1.68. The minimum absolute atomic E-state index is 0.0504. The Balaban J connectivity index is 2.14. The van der Waals surface area contributed by atoms with E-state index in [0.29, 0.717) is 6.54 Å². The molecule has 1 saturated heterocycles. The van der Waals surface area contributed by atoms with Gasteiger partial charge in [0.15, 0.2) is 0 Å². The Labute approximate surface area is 126 Å². The van der Waals surface area contributed by atoms with Crippen molar-refractivity contribution in [2.24, 2.45) is 0 Å². The van der Waals surface area contributed by atoms with Gasteiger partial charge in [-0.05, 0) is 30.9 Å². The van der Waals surface area contributed by atoms with Gasteiger partial charge in [0.25, 0.3) is 0 Å². The van der Waals surface area contributed by atoms with Crippen LogP contribution in [-0.2, 0) is 4.79 Å². The molecule has 2 unspecified atom stereocenters. The van der Waals surface area contributed by atoms with Crippen LogP contribution in [0.1, 0.15) is 18.7 Å². The molecule has 1 aromatic carbocycles. The lowest BCUT2D eigenvalue weighted by atomic mass is 10.1. The van der Waals surface area contributed by atoms with Crippen LogP contribution in [0, 0.1) is 0 Å². The number of hydrogen-bond acceptors (Lipinski definition) is 4. The maximum Gasteiger partial charge on any atom is 0.387 e. The first-order valence-electron chi connectivity index (χ1n) is 6.61. The van der Waals surface area contributed by atoms with E-state index in [1.165, 1.54) is 12.1 Å². The van der Waals surface area contributed by atoms with E-state index in [9.17, 15) is 13.6 Å². The van der Waals surface area contributed by atoms with E-state index in [1.807, 2.05) is 13.2 Å². The zero-order valence-electron chi connectivity index (χ0n) is 11.9. The number of benzene rings is 1. The first-order chi connectivity index (χ1) is 10.0. The standard InChI is InChI=1S/C14H18F2N2O2S/c1-9(8-21-2)18-12(19)7-17-13(18)10-3-5-11(6-4-10)20-14(15)16/h3-6,9,13-14,17H,7-8H2,1-2H3. The molecule has 1 fully saturated rings. The number of carbonyl (C=O) groups is 1. The Morgan fingerprint density at radius 2 is 2.10 bits per heavy atom. The number of ether oxygens (including phenoxy) is 1. The van der Waals surface area contributed by atoms with Gasteiger partial charge in [-0.2, -0.15) is 20.5 Å². The van der Waals surface area contributed by atoms with Crippen LogP contribution in [0.5, 0.6) is 5.75 Å². The van der Waals surface area contributed by atoms with Gasteiger partial charge in [0, 0.05) is 11.8 Å². The quantitative estimate of drug-likeness (QED) is 0.875. The third kappa shape index (κ3) is 3.85. The van der Waals surface area contributed by atoms with Gasteiger partial charge < -0.3 is 9.64 Å².